The van der Waals surface area contributed by atoms with E-state index in [2.05, 4.69) is 42.3 Å². The van der Waals surface area contributed by atoms with Crippen molar-refractivity contribution in [2.75, 3.05) is 18.0 Å². The second-order valence-corrected chi connectivity index (χ2v) is 10.3. The van der Waals surface area contributed by atoms with Crippen LogP contribution < -0.4 is 10.2 Å². The van der Waals surface area contributed by atoms with Crippen LogP contribution in [-0.4, -0.2) is 45.4 Å². The summed E-state index contributed by atoms with van der Waals surface area (Å²) in [6.07, 6.45) is 4.90. The highest BCUT2D eigenvalue weighted by atomic mass is 79.9. The van der Waals surface area contributed by atoms with Gasteiger partial charge in [-0.1, -0.05) is 0 Å². The van der Waals surface area contributed by atoms with E-state index in [1.807, 2.05) is 51.4 Å². The number of pyridine rings is 2. The standard InChI is InChI=1S/C23H23BrN6O2/c1-23(2,3)32-22(31)28-20-17-11-29(12-18(17)20)19-5-4-13(8-26-19)16-6-15(24)10-30-21(16)14(7-25)9-27-30/h4-6,8-10,17-18,20H,11-12H2,1-3H3,(H,28,31)/t17-,18+,20?. The van der Waals surface area contributed by atoms with E-state index in [0.717, 1.165) is 40.0 Å². The average Bonchev–Trinajstić information content (AvgIpc) is 3.09. The molecule has 0 aromatic carbocycles. The summed E-state index contributed by atoms with van der Waals surface area (Å²) in [4.78, 5) is 19.0. The Hall–Kier alpha value is -3.12. The molecular weight excluding hydrogens is 472 g/mol. The number of nitriles is 1. The minimum atomic E-state index is -0.489. The maximum Gasteiger partial charge on any atom is 0.407 e. The van der Waals surface area contributed by atoms with Gasteiger partial charge in [0.15, 0.2) is 0 Å². The Kier molecular flexibility index (Phi) is 4.86. The van der Waals surface area contributed by atoms with Crippen LogP contribution in [0.3, 0.4) is 0 Å². The number of fused-ring (bicyclic) bond motifs is 2. The van der Waals surface area contributed by atoms with Crippen LogP contribution >= 0.6 is 15.9 Å². The van der Waals surface area contributed by atoms with Gasteiger partial charge in [-0.25, -0.2) is 14.3 Å². The van der Waals surface area contributed by atoms with Gasteiger partial charge in [0.2, 0.25) is 0 Å². The van der Waals surface area contributed by atoms with Crippen molar-refractivity contribution in [2.45, 2.75) is 32.4 Å². The number of aromatic nitrogens is 3. The van der Waals surface area contributed by atoms with E-state index in [1.165, 1.54) is 0 Å². The zero-order valence-corrected chi connectivity index (χ0v) is 19.6. The number of carbonyl (C=O) groups is 1. The molecule has 32 heavy (non-hydrogen) atoms. The molecular formula is C23H23BrN6O2. The van der Waals surface area contributed by atoms with Crippen LogP contribution in [0.25, 0.3) is 16.6 Å². The Bertz CT molecular complexity index is 1230. The Morgan fingerprint density at radius 1 is 1.28 bits per heavy atom. The number of hydrogen-bond acceptors (Lipinski definition) is 6. The van der Waals surface area contributed by atoms with Crippen molar-refractivity contribution in [1.29, 1.82) is 5.26 Å². The van der Waals surface area contributed by atoms with Crippen LogP contribution in [0.15, 0.2) is 41.3 Å². The van der Waals surface area contributed by atoms with Gasteiger partial charge in [0.1, 0.15) is 17.5 Å². The SMILES string of the molecule is CC(C)(C)OC(=O)NC1[C@H]2CN(c3ccc(-c4cc(Br)cn5ncc(C#N)c45)cn3)C[C@@H]12. The monoisotopic (exact) mass is 494 g/mol. The summed E-state index contributed by atoms with van der Waals surface area (Å²) in [6, 6.07) is 8.41. The molecule has 2 aliphatic rings. The van der Waals surface area contributed by atoms with Gasteiger partial charge >= 0.3 is 6.09 Å². The molecule has 3 aromatic rings. The first kappa shape index (κ1) is 20.8. The van der Waals surface area contributed by atoms with Gasteiger partial charge in [-0.3, -0.25) is 0 Å². The summed E-state index contributed by atoms with van der Waals surface area (Å²) in [5.74, 6) is 1.77. The largest absolute Gasteiger partial charge is 0.444 e. The Labute approximate surface area is 194 Å². The topological polar surface area (TPSA) is 95.5 Å². The predicted molar refractivity (Wildman–Crippen MR) is 123 cm³/mol. The third-order valence-electron chi connectivity index (χ3n) is 5.96. The van der Waals surface area contributed by atoms with E-state index >= 15 is 0 Å². The highest BCUT2D eigenvalue weighted by Gasteiger charge is 2.57. The van der Waals surface area contributed by atoms with Crippen molar-refractivity contribution in [3.8, 4) is 17.2 Å². The van der Waals surface area contributed by atoms with E-state index in [1.54, 1.807) is 10.7 Å². The lowest BCUT2D eigenvalue weighted by Gasteiger charge is -2.23. The maximum absolute atomic E-state index is 12.0. The lowest BCUT2D eigenvalue weighted by Crippen LogP contribution is -2.38. The second-order valence-electron chi connectivity index (χ2n) is 9.34. The van der Waals surface area contributed by atoms with Gasteiger partial charge in [0.05, 0.1) is 17.3 Å². The first-order valence-electron chi connectivity index (χ1n) is 10.5. The fraction of sp³-hybridized carbons (Fsp3) is 0.391. The molecule has 0 bridgehead atoms. The lowest BCUT2D eigenvalue weighted by atomic mass is 10.1. The van der Waals surface area contributed by atoms with Gasteiger partial charge in [-0.2, -0.15) is 10.4 Å². The molecule has 1 unspecified atom stereocenters. The first-order valence-corrected chi connectivity index (χ1v) is 11.3. The van der Waals surface area contributed by atoms with Gasteiger partial charge < -0.3 is 15.0 Å². The Morgan fingerprint density at radius 2 is 2.03 bits per heavy atom. The lowest BCUT2D eigenvalue weighted by molar-refractivity contribution is 0.0518. The number of halogens is 1. The number of carbonyl (C=O) groups excluding carboxylic acids is 1. The van der Waals surface area contributed by atoms with Crippen molar-refractivity contribution in [1.82, 2.24) is 19.9 Å². The minimum Gasteiger partial charge on any atom is -0.444 e. The number of hydrogen-bond donors (Lipinski definition) is 1. The number of ether oxygens (including phenoxy) is 1. The van der Waals surface area contributed by atoms with Crippen LogP contribution in [0, 0.1) is 23.2 Å². The summed E-state index contributed by atoms with van der Waals surface area (Å²) in [5, 5.41) is 16.7. The number of nitrogens with one attached hydrogen (secondary N) is 1. The molecule has 1 aliphatic carbocycles. The molecule has 1 amide bonds. The van der Waals surface area contributed by atoms with Crippen LogP contribution in [0.4, 0.5) is 10.6 Å². The molecule has 1 N–H and O–H groups in total. The minimum absolute atomic E-state index is 0.182. The molecule has 3 aromatic heterocycles. The fourth-order valence-corrected chi connectivity index (χ4v) is 4.92. The summed E-state index contributed by atoms with van der Waals surface area (Å²) in [7, 11) is 0. The van der Waals surface area contributed by atoms with E-state index in [0.29, 0.717) is 17.4 Å². The van der Waals surface area contributed by atoms with Gasteiger partial charge in [0, 0.05) is 59.0 Å². The zero-order chi connectivity index (χ0) is 22.6. The third kappa shape index (κ3) is 3.79. The fourth-order valence-electron chi connectivity index (χ4n) is 4.49. The second kappa shape index (κ2) is 7.48. The van der Waals surface area contributed by atoms with Gasteiger partial charge in [-0.15, -0.1) is 0 Å². The summed E-state index contributed by atoms with van der Waals surface area (Å²) in [6.45, 7) is 7.32. The first-order chi connectivity index (χ1) is 15.2. The molecule has 8 nitrogen and oxygen atoms in total. The quantitative estimate of drug-likeness (QED) is 0.591. The van der Waals surface area contributed by atoms with E-state index in [4.69, 9.17) is 4.74 Å². The van der Waals surface area contributed by atoms with Crippen LogP contribution in [0.5, 0.6) is 0 Å². The summed E-state index contributed by atoms with van der Waals surface area (Å²) in [5.41, 5.74) is 2.63. The maximum atomic E-state index is 12.0. The molecule has 2 fully saturated rings. The predicted octanol–water partition coefficient (Wildman–Crippen LogP) is 3.99. The van der Waals surface area contributed by atoms with Gasteiger partial charge in [-0.05, 0) is 54.9 Å². The highest BCUT2D eigenvalue weighted by molar-refractivity contribution is 9.10. The van der Waals surface area contributed by atoms with E-state index < -0.39 is 5.60 Å². The van der Waals surface area contributed by atoms with Crippen molar-refractivity contribution in [3.63, 3.8) is 0 Å². The normalized spacial score (nSPS) is 21.8. The molecule has 1 saturated heterocycles. The molecule has 164 valence electrons. The van der Waals surface area contributed by atoms with E-state index in [9.17, 15) is 10.1 Å². The van der Waals surface area contributed by atoms with Crippen molar-refractivity contribution >= 4 is 33.4 Å². The van der Waals surface area contributed by atoms with Gasteiger partial charge in [0.25, 0.3) is 0 Å². The Morgan fingerprint density at radius 3 is 2.66 bits per heavy atom. The molecule has 9 heteroatoms. The molecule has 3 atom stereocenters. The highest BCUT2D eigenvalue weighted by Crippen LogP contribution is 2.46. The average molecular weight is 495 g/mol. The molecule has 1 saturated carbocycles. The van der Waals surface area contributed by atoms with Crippen molar-refractivity contribution in [2.24, 2.45) is 11.8 Å². The zero-order valence-electron chi connectivity index (χ0n) is 18.0. The number of nitrogens with zero attached hydrogens (tertiary/aromatic N) is 5. The van der Waals surface area contributed by atoms with Crippen LogP contribution in [-0.2, 0) is 4.74 Å². The van der Waals surface area contributed by atoms with Crippen LogP contribution in [0.1, 0.15) is 26.3 Å². The van der Waals surface area contributed by atoms with Crippen molar-refractivity contribution < 1.29 is 9.53 Å². The Balaban J connectivity index is 1.28. The number of piperidine rings is 1. The summed E-state index contributed by atoms with van der Waals surface area (Å²) >= 11 is 3.52. The van der Waals surface area contributed by atoms with Crippen LogP contribution in [0.2, 0.25) is 0 Å². The third-order valence-corrected chi connectivity index (χ3v) is 6.39. The molecule has 0 radical (unpaired) electrons. The number of alkyl carbamates (subject to hydrolysis) is 1. The van der Waals surface area contributed by atoms with Crippen molar-refractivity contribution in [3.05, 3.63) is 46.8 Å². The molecule has 1 aliphatic heterocycles. The molecule has 4 heterocycles. The molecule has 0 spiro atoms. The smallest absolute Gasteiger partial charge is 0.407 e. The number of amides is 1. The summed E-state index contributed by atoms with van der Waals surface area (Å²) < 4.78 is 7.95. The molecule has 5 rings (SSSR count). The number of anilines is 1. The van der Waals surface area contributed by atoms with E-state index in [-0.39, 0.29) is 12.1 Å². The number of rotatable bonds is 3.